The third kappa shape index (κ3) is 216. The predicted octanol–water partition coefficient (Wildman–Crippen LogP) is -5.98. The van der Waals surface area contributed by atoms with Crippen molar-refractivity contribution in [3.63, 3.8) is 0 Å². The fourth-order valence-corrected chi connectivity index (χ4v) is 0.994. The zero-order valence-corrected chi connectivity index (χ0v) is 27.3. The molecule has 0 aromatic heterocycles. The van der Waals surface area contributed by atoms with Gasteiger partial charge >= 0.3 is 59.1 Å². The van der Waals surface area contributed by atoms with Gasteiger partial charge in [-0.15, -0.1) is 0 Å². The number of carboxylic acids is 1. The number of Topliss-reactive ketones (excluding diaryl/α,β-unsaturated/α-hetero) is 1. The summed E-state index contributed by atoms with van der Waals surface area (Å²) in [6, 6.07) is 1.20. The number of nitrogens with two attached hydrogens (primary N) is 1. The Morgan fingerprint density at radius 2 is 0.947 bits per heavy atom. The van der Waals surface area contributed by atoms with Crippen LogP contribution in [0.4, 0.5) is 0 Å². The molecule has 0 aromatic carbocycles. The largest absolute Gasteiger partial charge is 1.00 e. The van der Waals surface area contributed by atoms with Crippen LogP contribution in [0.1, 0.15) is 86.5 Å². The van der Waals surface area contributed by atoms with Crippen LogP contribution < -0.4 is 85.9 Å². The molecule has 236 valence electrons. The van der Waals surface area contributed by atoms with Crippen LogP contribution in [0.3, 0.4) is 0 Å². The Balaban J connectivity index is -0.0000000161. The fourth-order valence-electron chi connectivity index (χ4n) is 0.994. The summed E-state index contributed by atoms with van der Waals surface area (Å²) < 4.78 is 0. The van der Waals surface area contributed by atoms with Crippen molar-refractivity contribution in [1.29, 1.82) is 0 Å². The Bertz CT molecular complexity index is 337. The van der Waals surface area contributed by atoms with E-state index >= 15 is 0 Å². The van der Waals surface area contributed by atoms with E-state index in [-0.39, 0.29) is 139 Å². The van der Waals surface area contributed by atoms with Gasteiger partial charge in [-0.2, -0.15) is 0 Å². The van der Waals surface area contributed by atoms with Crippen molar-refractivity contribution in [1.82, 2.24) is 16.0 Å². The molecule has 0 bridgehead atoms. The van der Waals surface area contributed by atoms with Crippen LogP contribution in [0.15, 0.2) is 0 Å². The summed E-state index contributed by atoms with van der Waals surface area (Å²) in [5, 5.41) is 42.8. The van der Waals surface area contributed by atoms with E-state index < -0.39 is 5.97 Å². The molecule has 12 nitrogen and oxygen atoms in total. The maximum atomic E-state index is 9.73. The maximum absolute atomic E-state index is 9.73. The van der Waals surface area contributed by atoms with Gasteiger partial charge in [0.25, 0.3) is 0 Å². The maximum Gasteiger partial charge on any atom is 1.00 e. The van der Waals surface area contributed by atoms with E-state index in [4.69, 9.17) is 21.1 Å². The minimum absolute atomic E-state index is 0. The molecule has 0 rings (SSSR count). The Morgan fingerprint density at radius 3 is 1.00 bits per heavy atom. The van der Waals surface area contributed by atoms with Gasteiger partial charge in [0.1, 0.15) is 5.78 Å². The second-order valence-electron chi connectivity index (χ2n) is 6.99. The van der Waals surface area contributed by atoms with Crippen molar-refractivity contribution in [2.45, 2.75) is 103 Å². The van der Waals surface area contributed by atoms with Gasteiger partial charge in [-0.25, -0.2) is 0 Å². The molecule has 0 fully saturated rings. The minimum Gasteiger partial charge on any atom is -0.870 e. The third-order valence-electron chi connectivity index (χ3n) is 2.11. The molecule has 0 radical (unpaired) electrons. The first-order chi connectivity index (χ1) is 13.8. The molecular weight excluding hydrogens is 518 g/mol. The zero-order chi connectivity index (χ0) is 25.0. The number of aliphatic hydroxyl groups is 3. The van der Waals surface area contributed by atoms with Gasteiger partial charge in [-0.1, -0.05) is 71.2 Å². The second kappa shape index (κ2) is 76.9. The molecule has 0 aromatic rings. The van der Waals surface area contributed by atoms with E-state index in [0.717, 1.165) is 0 Å². The number of hydrogen-bond donors (Lipinski definition) is 7. The predicted molar refractivity (Wildman–Crippen MR) is 156 cm³/mol. The molecule has 0 saturated carbocycles. The summed E-state index contributed by atoms with van der Waals surface area (Å²) in [4.78, 5) is 19.2. The van der Waals surface area contributed by atoms with Crippen molar-refractivity contribution in [2.24, 2.45) is 5.73 Å². The molecule has 0 aliphatic rings. The number of carboxylic acid groups (broad SMARTS) is 1. The van der Waals surface area contributed by atoms with Gasteiger partial charge in [0.05, 0.1) is 25.8 Å². The van der Waals surface area contributed by atoms with E-state index in [1.54, 1.807) is 0 Å². The van der Waals surface area contributed by atoms with Crippen LogP contribution >= 0.6 is 0 Å². The van der Waals surface area contributed by atoms with Crippen molar-refractivity contribution < 1.29 is 102 Å². The Kier molecular flexibility index (Phi) is 169. The zero-order valence-electron chi connectivity index (χ0n) is 23.3. The Morgan fingerprint density at radius 1 is 0.737 bits per heavy atom. The van der Waals surface area contributed by atoms with Gasteiger partial charge in [-0.05, 0) is 13.8 Å². The van der Waals surface area contributed by atoms with E-state index in [2.05, 4.69) is 43.6 Å². The summed E-state index contributed by atoms with van der Waals surface area (Å²) in [5.74, 6) is -0.890. The van der Waals surface area contributed by atoms with Crippen molar-refractivity contribution in [2.75, 3.05) is 46.0 Å². The molecule has 0 heterocycles. The van der Waals surface area contributed by atoms with Crippen LogP contribution in [-0.2, 0) is 9.59 Å². The van der Waals surface area contributed by atoms with E-state index in [9.17, 15) is 14.7 Å². The number of ketones is 1. The number of carbonyl (C=O) groups is 2. The van der Waals surface area contributed by atoms with Crippen molar-refractivity contribution in [3.05, 3.63) is 0 Å². The smallest absolute Gasteiger partial charge is 0.870 e. The number of nitrogens with one attached hydrogen (secondary N) is 3. The summed E-state index contributed by atoms with van der Waals surface area (Å²) in [6.45, 7) is 17.3. The average molecular weight is 589 g/mol. The van der Waals surface area contributed by atoms with Crippen molar-refractivity contribution >= 4 is 11.8 Å². The molecule has 0 unspecified atom stereocenters. The Hall–Kier alpha value is 0.780. The van der Waals surface area contributed by atoms with E-state index in [0.29, 0.717) is 31.7 Å². The van der Waals surface area contributed by atoms with Gasteiger partial charge in [0.2, 0.25) is 0 Å². The molecule has 0 saturated heterocycles. The summed E-state index contributed by atoms with van der Waals surface area (Å²) in [6.07, 6.45) is 0. The average Bonchev–Trinajstić information content (AvgIpc) is 2.63. The van der Waals surface area contributed by atoms with Crippen LogP contribution in [0.5, 0.6) is 0 Å². The van der Waals surface area contributed by atoms with Gasteiger partial charge in [0.15, 0.2) is 0 Å². The minimum atomic E-state index is -1.06. The third-order valence-corrected chi connectivity index (χ3v) is 2.11. The second-order valence-corrected chi connectivity index (χ2v) is 6.99. The van der Waals surface area contributed by atoms with Crippen LogP contribution in [0.25, 0.3) is 0 Å². The number of hydrogen-bond acceptors (Lipinski definition) is 11. The van der Waals surface area contributed by atoms with E-state index in [1.807, 2.05) is 13.8 Å². The standard InChI is InChI=1S/C5H11NO2.2C5H13NO.C3H6O.C2H7NO.4CH4.2Na.2H2O.H2/c1-4(2)6-3-5(7)8;2*1-5(2)6-3-4-7;1-3(2)4;3-1-2-4;;;;;;;;;/h4,6H,3H2,1-2H3,(H,7,8);2*5-7H,3-4H2,1-2H3;1-2H3;4H,1-3H2;4*1H4;;;2*1H2;1H/q;;;;;;;;;2*+1;;;/p-2. The molecular formula is C24H70N4Na2O8. The number of aliphatic carboxylic acids is 1. The summed E-state index contributed by atoms with van der Waals surface area (Å²) in [7, 11) is 0. The molecule has 38 heavy (non-hydrogen) atoms. The van der Waals surface area contributed by atoms with Crippen LogP contribution in [0, 0.1) is 0 Å². The molecule has 0 atom stereocenters. The first-order valence-corrected chi connectivity index (χ1v) is 10.2. The first-order valence-electron chi connectivity index (χ1n) is 10.2. The van der Waals surface area contributed by atoms with Crippen LogP contribution in [0.2, 0.25) is 0 Å². The summed E-state index contributed by atoms with van der Waals surface area (Å²) >= 11 is 0. The quantitative estimate of drug-likeness (QED) is 0.118. The molecule has 14 heteroatoms. The summed E-state index contributed by atoms with van der Waals surface area (Å²) in [5.41, 5.74) is 4.78. The number of aliphatic hydroxyl groups excluding tert-OH is 3. The normalized spacial score (nSPS) is 7.34. The molecule has 0 spiro atoms. The molecule has 0 amide bonds. The van der Waals surface area contributed by atoms with Gasteiger partial charge in [-0.3, -0.25) is 0 Å². The number of rotatable bonds is 10. The first kappa shape index (κ1) is 83.3. The fraction of sp³-hybridized carbons (Fsp3) is 0.917. The molecule has 0 aliphatic heterocycles. The van der Waals surface area contributed by atoms with E-state index in [1.165, 1.54) is 13.8 Å². The van der Waals surface area contributed by atoms with Crippen molar-refractivity contribution in [3.8, 4) is 0 Å². The topological polar surface area (TPSA) is 242 Å². The van der Waals surface area contributed by atoms with Gasteiger partial charge < -0.3 is 62.7 Å². The monoisotopic (exact) mass is 588 g/mol. The Labute approximate surface area is 282 Å². The SMILES string of the molecule is C.C.C.C.CC(C)=O.CC(C)NCC(=O)[O-].CC(C)NCCO.CC(C)NCCO.NCCO.O.[HH].[Na+].[Na+].[OH-]. The number of carbonyl (C=O) groups excluding carboxylic acids is 2. The molecule has 0 aliphatic carbocycles. The molecule has 11 N–H and O–H groups in total. The van der Waals surface area contributed by atoms with Crippen LogP contribution in [-0.4, -0.2) is 102 Å². The van der Waals surface area contributed by atoms with Gasteiger partial charge in [0, 0.05) is 45.7 Å².